The molecule has 0 bridgehead atoms. The van der Waals surface area contributed by atoms with Crippen molar-refractivity contribution in [3.63, 3.8) is 0 Å². The van der Waals surface area contributed by atoms with Gasteiger partial charge in [0, 0.05) is 12.7 Å². The second-order valence-electron chi connectivity index (χ2n) is 5.23. The topological polar surface area (TPSA) is 66.9 Å². The summed E-state index contributed by atoms with van der Waals surface area (Å²) in [5, 5.41) is 6.32. The lowest BCUT2D eigenvalue weighted by Gasteiger charge is -2.26. The molecule has 1 amide bonds. The number of hydrogen-bond acceptors (Lipinski definition) is 4. The van der Waals surface area contributed by atoms with E-state index in [1.165, 1.54) is 0 Å². The normalized spacial score (nSPS) is 22.4. The van der Waals surface area contributed by atoms with Crippen LogP contribution in [0.3, 0.4) is 0 Å². The molecule has 2 rings (SSSR count). The first kappa shape index (κ1) is 13.9. The highest BCUT2D eigenvalue weighted by atomic mass is 16.2. The maximum atomic E-state index is 12.4. The van der Waals surface area contributed by atoms with Crippen molar-refractivity contribution in [2.45, 2.75) is 39.7 Å². The molecule has 1 atom stereocenters. The van der Waals surface area contributed by atoms with Crippen LogP contribution in [0, 0.1) is 12.3 Å². The monoisotopic (exact) mass is 262 g/mol. The molecule has 1 fully saturated rings. The summed E-state index contributed by atoms with van der Waals surface area (Å²) >= 11 is 0. The number of hydrogen-bond donors (Lipinski definition) is 2. The fourth-order valence-electron chi connectivity index (χ4n) is 2.70. The van der Waals surface area contributed by atoms with Crippen molar-refractivity contribution in [1.29, 1.82) is 0 Å². The van der Waals surface area contributed by atoms with Crippen LogP contribution in [0.4, 0.5) is 0 Å². The van der Waals surface area contributed by atoms with Gasteiger partial charge in [0.15, 0.2) is 0 Å². The molecular weight excluding hydrogens is 240 g/mol. The number of carbonyl (C=O) groups excluding carboxylic acids is 1. The van der Waals surface area contributed by atoms with Crippen molar-refractivity contribution < 1.29 is 4.79 Å². The molecule has 1 aliphatic heterocycles. The smallest absolute Gasteiger partial charge is 0.227 e. The van der Waals surface area contributed by atoms with Gasteiger partial charge in [0.2, 0.25) is 5.91 Å². The van der Waals surface area contributed by atoms with E-state index < -0.39 is 0 Å². The number of nitrogens with one attached hydrogen (secondary N) is 2. The minimum absolute atomic E-state index is 0.149. The van der Waals surface area contributed by atoms with Crippen LogP contribution in [-0.4, -0.2) is 29.0 Å². The first-order chi connectivity index (χ1) is 9.16. The second kappa shape index (κ2) is 6.10. The van der Waals surface area contributed by atoms with Crippen molar-refractivity contribution in [1.82, 2.24) is 20.6 Å². The van der Waals surface area contributed by atoms with Crippen LogP contribution in [0.25, 0.3) is 0 Å². The van der Waals surface area contributed by atoms with Crippen LogP contribution in [0.2, 0.25) is 0 Å². The summed E-state index contributed by atoms with van der Waals surface area (Å²) in [5.41, 5.74) is 0.634. The highest BCUT2D eigenvalue weighted by Gasteiger charge is 2.39. The molecule has 1 saturated heterocycles. The molecule has 0 aromatic carbocycles. The number of aromatic nitrogens is 2. The second-order valence-corrected chi connectivity index (χ2v) is 5.23. The van der Waals surface area contributed by atoms with E-state index in [-0.39, 0.29) is 11.3 Å². The highest BCUT2D eigenvalue weighted by Crippen LogP contribution is 2.31. The Morgan fingerprint density at radius 3 is 3.05 bits per heavy atom. The standard InChI is InChI=1S/C14H22N4O/c1-3-5-14(6-8-15-10-14)13(19)17-9-12-4-7-16-11(2)18-12/h4,7,15H,3,5-6,8-10H2,1-2H3,(H,17,19). The maximum absolute atomic E-state index is 12.4. The number of aryl methyl sites for hydroxylation is 1. The van der Waals surface area contributed by atoms with Gasteiger partial charge in [-0.05, 0) is 32.4 Å². The van der Waals surface area contributed by atoms with E-state index in [4.69, 9.17) is 0 Å². The summed E-state index contributed by atoms with van der Waals surface area (Å²) < 4.78 is 0. The summed E-state index contributed by atoms with van der Waals surface area (Å²) in [5.74, 6) is 0.883. The van der Waals surface area contributed by atoms with E-state index in [2.05, 4.69) is 27.5 Å². The van der Waals surface area contributed by atoms with E-state index in [9.17, 15) is 4.79 Å². The zero-order valence-corrected chi connectivity index (χ0v) is 11.7. The zero-order valence-electron chi connectivity index (χ0n) is 11.7. The van der Waals surface area contributed by atoms with E-state index in [1.54, 1.807) is 6.20 Å². The Kier molecular flexibility index (Phi) is 4.47. The average molecular weight is 262 g/mol. The molecule has 1 unspecified atom stereocenters. The molecule has 104 valence electrons. The van der Waals surface area contributed by atoms with Crippen molar-refractivity contribution in [3.8, 4) is 0 Å². The van der Waals surface area contributed by atoms with Gasteiger partial charge in [-0.25, -0.2) is 9.97 Å². The Balaban J connectivity index is 1.96. The van der Waals surface area contributed by atoms with Crippen molar-refractivity contribution in [2.75, 3.05) is 13.1 Å². The molecule has 1 aromatic rings. The molecule has 2 N–H and O–H groups in total. The number of nitrogens with zero attached hydrogens (tertiary/aromatic N) is 2. The lowest BCUT2D eigenvalue weighted by atomic mass is 9.81. The van der Waals surface area contributed by atoms with Crippen LogP contribution in [0.5, 0.6) is 0 Å². The Morgan fingerprint density at radius 2 is 2.42 bits per heavy atom. The first-order valence-electron chi connectivity index (χ1n) is 6.94. The Morgan fingerprint density at radius 1 is 1.58 bits per heavy atom. The lowest BCUT2D eigenvalue weighted by molar-refractivity contribution is -0.130. The molecule has 5 nitrogen and oxygen atoms in total. The van der Waals surface area contributed by atoms with Gasteiger partial charge in [0.25, 0.3) is 0 Å². The van der Waals surface area contributed by atoms with E-state index in [0.717, 1.165) is 43.9 Å². The third kappa shape index (κ3) is 3.29. The maximum Gasteiger partial charge on any atom is 0.227 e. The molecule has 1 aliphatic rings. The third-order valence-electron chi connectivity index (χ3n) is 3.72. The van der Waals surface area contributed by atoms with Crippen LogP contribution in [0.1, 0.15) is 37.7 Å². The van der Waals surface area contributed by atoms with Crippen molar-refractivity contribution in [3.05, 3.63) is 23.8 Å². The van der Waals surface area contributed by atoms with Crippen molar-refractivity contribution in [2.24, 2.45) is 5.41 Å². The summed E-state index contributed by atoms with van der Waals surface area (Å²) in [6.07, 6.45) is 4.62. The molecule has 0 aliphatic carbocycles. The van der Waals surface area contributed by atoms with Gasteiger partial charge in [0.1, 0.15) is 5.82 Å². The molecule has 0 spiro atoms. The van der Waals surface area contributed by atoms with Gasteiger partial charge in [-0.2, -0.15) is 0 Å². The van der Waals surface area contributed by atoms with Gasteiger partial charge in [0.05, 0.1) is 17.7 Å². The van der Waals surface area contributed by atoms with E-state index in [0.29, 0.717) is 6.54 Å². The predicted molar refractivity (Wildman–Crippen MR) is 73.4 cm³/mol. The number of amides is 1. The largest absolute Gasteiger partial charge is 0.350 e. The Labute approximate surface area is 114 Å². The highest BCUT2D eigenvalue weighted by molar-refractivity contribution is 5.83. The minimum atomic E-state index is -0.225. The fraction of sp³-hybridized carbons (Fsp3) is 0.643. The Bertz CT molecular complexity index is 441. The molecule has 1 aromatic heterocycles. The summed E-state index contributed by atoms with van der Waals surface area (Å²) in [6, 6.07) is 1.84. The lowest BCUT2D eigenvalue weighted by Crippen LogP contribution is -2.42. The fourth-order valence-corrected chi connectivity index (χ4v) is 2.70. The summed E-state index contributed by atoms with van der Waals surface area (Å²) in [6.45, 7) is 6.18. The summed E-state index contributed by atoms with van der Waals surface area (Å²) in [7, 11) is 0. The van der Waals surface area contributed by atoms with Crippen LogP contribution in [0.15, 0.2) is 12.3 Å². The first-order valence-corrected chi connectivity index (χ1v) is 6.94. The molecule has 0 radical (unpaired) electrons. The average Bonchev–Trinajstić information content (AvgIpc) is 2.86. The van der Waals surface area contributed by atoms with Gasteiger partial charge >= 0.3 is 0 Å². The minimum Gasteiger partial charge on any atom is -0.350 e. The van der Waals surface area contributed by atoms with Crippen LogP contribution in [-0.2, 0) is 11.3 Å². The Hall–Kier alpha value is -1.49. The van der Waals surface area contributed by atoms with Crippen molar-refractivity contribution >= 4 is 5.91 Å². The molecule has 5 heteroatoms. The van der Waals surface area contributed by atoms with Gasteiger partial charge in [-0.15, -0.1) is 0 Å². The molecule has 0 saturated carbocycles. The van der Waals surface area contributed by atoms with Crippen LogP contribution >= 0.6 is 0 Å². The summed E-state index contributed by atoms with van der Waals surface area (Å²) in [4.78, 5) is 20.8. The van der Waals surface area contributed by atoms with Crippen LogP contribution < -0.4 is 10.6 Å². The van der Waals surface area contributed by atoms with Gasteiger partial charge < -0.3 is 10.6 Å². The van der Waals surface area contributed by atoms with Gasteiger partial charge in [-0.1, -0.05) is 13.3 Å². The molecule has 2 heterocycles. The SMILES string of the molecule is CCCC1(C(=O)NCc2ccnc(C)n2)CCNC1. The quantitative estimate of drug-likeness (QED) is 0.836. The molecular formula is C14H22N4O. The third-order valence-corrected chi connectivity index (χ3v) is 3.72. The van der Waals surface area contributed by atoms with E-state index >= 15 is 0 Å². The zero-order chi connectivity index (χ0) is 13.7. The number of rotatable bonds is 5. The predicted octanol–water partition coefficient (Wildman–Crippen LogP) is 1.18. The number of carbonyl (C=O) groups is 1. The molecule has 19 heavy (non-hydrogen) atoms. The van der Waals surface area contributed by atoms with E-state index in [1.807, 2.05) is 13.0 Å². The van der Waals surface area contributed by atoms with Gasteiger partial charge in [-0.3, -0.25) is 4.79 Å².